The van der Waals surface area contributed by atoms with Crippen molar-refractivity contribution in [3.63, 3.8) is 0 Å². The molecule has 29 heavy (non-hydrogen) atoms. The molecule has 0 fully saturated rings. The normalized spacial score (nSPS) is 10.9. The molecule has 4 nitrogen and oxygen atoms in total. The van der Waals surface area contributed by atoms with Crippen LogP contribution in [0, 0.1) is 11.3 Å². The van der Waals surface area contributed by atoms with Gasteiger partial charge in [0.15, 0.2) is 0 Å². The Labute approximate surface area is 171 Å². The molecule has 2 aromatic heterocycles. The summed E-state index contributed by atoms with van der Waals surface area (Å²) in [7, 11) is 0. The van der Waals surface area contributed by atoms with Gasteiger partial charge in [0.25, 0.3) is 0 Å². The molecule has 144 valence electrons. The molecule has 0 aliphatic carbocycles. The number of nitrogens with one attached hydrogen (secondary N) is 2. The summed E-state index contributed by atoms with van der Waals surface area (Å²) >= 11 is 0. The average molecular weight is 380 g/mol. The second-order valence-electron chi connectivity index (χ2n) is 7.27. The van der Waals surface area contributed by atoms with Gasteiger partial charge in [-0.3, -0.25) is 4.98 Å². The van der Waals surface area contributed by atoms with Crippen LogP contribution in [-0.2, 0) is 13.0 Å². The average Bonchev–Trinajstić information content (AvgIpc) is 3.19. The van der Waals surface area contributed by atoms with E-state index in [1.54, 1.807) is 0 Å². The second-order valence-corrected chi connectivity index (χ2v) is 7.27. The molecule has 0 atom stereocenters. The molecule has 0 saturated heterocycles. The van der Waals surface area contributed by atoms with Crippen LogP contribution in [0.3, 0.4) is 0 Å². The van der Waals surface area contributed by atoms with Gasteiger partial charge in [-0.05, 0) is 66.8 Å². The number of H-pyrrole nitrogens is 1. The van der Waals surface area contributed by atoms with Crippen molar-refractivity contribution in [1.29, 1.82) is 5.26 Å². The van der Waals surface area contributed by atoms with Crippen molar-refractivity contribution in [2.24, 2.45) is 0 Å². The molecule has 0 amide bonds. The fourth-order valence-electron chi connectivity index (χ4n) is 3.63. The van der Waals surface area contributed by atoms with Gasteiger partial charge in [0.2, 0.25) is 0 Å². The summed E-state index contributed by atoms with van der Waals surface area (Å²) in [4.78, 5) is 7.69. The van der Waals surface area contributed by atoms with E-state index >= 15 is 0 Å². The predicted octanol–water partition coefficient (Wildman–Crippen LogP) is 5.21. The van der Waals surface area contributed by atoms with Gasteiger partial charge in [0.05, 0.1) is 11.6 Å². The van der Waals surface area contributed by atoms with Gasteiger partial charge in [-0.2, -0.15) is 5.26 Å². The number of fused-ring (bicyclic) bond motifs is 1. The number of hydrogen-bond acceptors (Lipinski definition) is 3. The summed E-state index contributed by atoms with van der Waals surface area (Å²) in [6, 6.07) is 20.6. The topological polar surface area (TPSA) is 64.5 Å². The van der Waals surface area contributed by atoms with Crippen LogP contribution < -0.4 is 5.32 Å². The summed E-state index contributed by atoms with van der Waals surface area (Å²) in [5.41, 5.74) is 6.65. The maximum Gasteiger partial charge on any atom is 0.0991 e. The third-order valence-corrected chi connectivity index (χ3v) is 5.18. The second kappa shape index (κ2) is 9.18. The monoisotopic (exact) mass is 380 g/mol. The van der Waals surface area contributed by atoms with Crippen LogP contribution in [0.1, 0.15) is 29.5 Å². The molecule has 0 bridgehead atoms. The number of hydrogen-bond donors (Lipinski definition) is 2. The first-order valence-electron chi connectivity index (χ1n) is 10.0. The smallest absolute Gasteiger partial charge is 0.0991 e. The lowest BCUT2D eigenvalue weighted by atomic mass is 10.1. The Bertz CT molecular complexity index is 1120. The fourth-order valence-corrected chi connectivity index (χ4v) is 3.63. The number of aryl methyl sites for hydroxylation is 1. The number of nitriles is 1. The molecule has 2 heterocycles. The Morgan fingerprint density at radius 2 is 1.86 bits per heavy atom. The van der Waals surface area contributed by atoms with E-state index in [1.165, 1.54) is 22.1 Å². The zero-order valence-electron chi connectivity index (χ0n) is 16.4. The summed E-state index contributed by atoms with van der Waals surface area (Å²) in [6.45, 7) is 1.80. The summed E-state index contributed by atoms with van der Waals surface area (Å²) in [6.07, 6.45) is 9.15. The summed E-state index contributed by atoms with van der Waals surface area (Å²) < 4.78 is 0. The highest BCUT2D eigenvalue weighted by Gasteiger charge is 2.05. The first kappa shape index (κ1) is 18.9. The van der Waals surface area contributed by atoms with Crippen molar-refractivity contribution in [2.45, 2.75) is 25.8 Å². The highest BCUT2D eigenvalue weighted by molar-refractivity contribution is 5.84. The molecule has 4 rings (SSSR count). The van der Waals surface area contributed by atoms with Gasteiger partial charge < -0.3 is 10.3 Å². The number of aromatic nitrogens is 2. The summed E-state index contributed by atoms with van der Waals surface area (Å²) in [5.74, 6) is 0. The largest absolute Gasteiger partial charge is 0.361 e. The molecule has 0 spiro atoms. The Morgan fingerprint density at radius 3 is 2.72 bits per heavy atom. The van der Waals surface area contributed by atoms with Crippen molar-refractivity contribution in [3.8, 4) is 17.2 Å². The third-order valence-electron chi connectivity index (χ3n) is 5.18. The van der Waals surface area contributed by atoms with E-state index in [9.17, 15) is 0 Å². The van der Waals surface area contributed by atoms with Gasteiger partial charge in [-0.25, -0.2) is 0 Å². The van der Waals surface area contributed by atoms with Crippen LogP contribution in [0.4, 0.5) is 0 Å². The quantitative estimate of drug-likeness (QED) is 0.412. The molecule has 0 unspecified atom stereocenters. The van der Waals surface area contributed by atoms with Gasteiger partial charge in [-0.1, -0.05) is 30.3 Å². The first-order chi connectivity index (χ1) is 14.3. The van der Waals surface area contributed by atoms with E-state index in [4.69, 9.17) is 5.26 Å². The van der Waals surface area contributed by atoms with Crippen molar-refractivity contribution in [3.05, 3.63) is 89.9 Å². The zero-order valence-corrected chi connectivity index (χ0v) is 16.4. The fraction of sp³-hybridized carbons (Fsp3) is 0.200. The molecule has 2 aromatic carbocycles. The highest BCUT2D eigenvalue weighted by Crippen LogP contribution is 2.21. The van der Waals surface area contributed by atoms with E-state index in [0.29, 0.717) is 5.56 Å². The molecule has 4 heteroatoms. The van der Waals surface area contributed by atoms with E-state index < -0.39 is 0 Å². The number of unbranched alkanes of at least 4 members (excludes halogenated alkanes) is 1. The first-order valence-corrected chi connectivity index (χ1v) is 10.0. The predicted molar refractivity (Wildman–Crippen MR) is 117 cm³/mol. The van der Waals surface area contributed by atoms with Crippen LogP contribution in [0.2, 0.25) is 0 Å². The Balaban J connectivity index is 1.24. The Hall–Kier alpha value is -3.42. The third kappa shape index (κ3) is 4.71. The maximum atomic E-state index is 9.10. The molecular formula is C25H24N4. The van der Waals surface area contributed by atoms with Gasteiger partial charge in [-0.15, -0.1) is 0 Å². The van der Waals surface area contributed by atoms with E-state index in [0.717, 1.165) is 43.4 Å². The Morgan fingerprint density at radius 1 is 0.966 bits per heavy atom. The maximum absolute atomic E-state index is 9.10. The minimum Gasteiger partial charge on any atom is -0.361 e. The highest BCUT2D eigenvalue weighted by atomic mass is 14.8. The van der Waals surface area contributed by atoms with Gasteiger partial charge in [0, 0.05) is 41.6 Å². The standard InChI is InChI=1S/C25H24N4/c26-14-19-9-10-25-24(13-19)22(18-29-25)8-4-5-11-27-15-20-12-23(17-28-16-20)21-6-2-1-3-7-21/h1-3,6-7,9-10,12-13,16-18,27,29H,4-5,8,11,15H2. The van der Waals surface area contributed by atoms with Crippen LogP contribution in [0.25, 0.3) is 22.0 Å². The zero-order chi connectivity index (χ0) is 19.9. The number of pyridine rings is 1. The lowest BCUT2D eigenvalue weighted by Crippen LogP contribution is -2.15. The van der Waals surface area contributed by atoms with Crippen molar-refractivity contribution < 1.29 is 0 Å². The molecule has 0 aliphatic rings. The van der Waals surface area contributed by atoms with Crippen molar-refractivity contribution >= 4 is 10.9 Å². The van der Waals surface area contributed by atoms with Crippen LogP contribution >= 0.6 is 0 Å². The minimum atomic E-state index is 0.714. The molecule has 0 aliphatic heterocycles. The van der Waals surface area contributed by atoms with Crippen LogP contribution in [0.5, 0.6) is 0 Å². The van der Waals surface area contributed by atoms with Crippen molar-refractivity contribution in [1.82, 2.24) is 15.3 Å². The number of benzene rings is 2. The molecule has 2 N–H and O–H groups in total. The minimum absolute atomic E-state index is 0.714. The van der Waals surface area contributed by atoms with Crippen molar-refractivity contribution in [2.75, 3.05) is 6.54 Å². The van der Waals surface area contributed by atoms with Gasteiger partial charge in [0.1, 0.15) is 0 Å². The van der Waals surface area contributed by atoms with Crippen LogP contribution in [0.15, 0.2) is 73.2 Å². The number of aromatic amines is 1. The van der Waals surface area contributed by atoms with E-state index in [2.05, 4.69) is 57.9 Å². The van der Waals surface area contributed by atoms with Crippen LogP contribution in [-0.4, -0.2) is 16.5 Å². The lowest BCUT2D eigenvalue weighted by Gasteiger charge is -2.07. The number of nitrogens with zero attached hydrogens (tertiary/aromatic N) is 2. The lowest BCUT2D eigenvalue weighted by molar-refractivity contribution is 0.623. The molecule has 0 saturated carbocycles. The summed E-state index contributed by atoms with van der Waals surface area (Å²) in [5, 5.41) is 13.8. The van der Waals surface area contributed by atoms with E-state index in [-0.39, 0.29) is 0 Å². The molecular weight excluding hydrogens is 356 g/mol. The SMILES string of the molecule is N#Cc1ccc2[nH]cc(CCCCNCc3cncc(-c4ccccc4)c3)c2c1. The molecule has 0 radical (unpaired) electrons. The molecule has 4 aromatic rings. The van der Waals surface area contributed by atoms with E-state index in [1.807, 2.05) is 36.7 Å². The van der Waals surface area contributed by atoms with Gasteiger partial charge >= 0.3 is 0 Å². The Kier molecular flexibility index (Phi) is 5.99. The number of rotatable bonds is 8.